The van der Waals surface area contributed by atoms with Gasteiger partial charge in [0.1, 0.15) is 6.04 Å². The van der Waals surface area contributed by atoms with E-state index in [0.29, 0.717) is 0 Å². The molecule has 5 nitrogen and oxygen atoms in total. The Morgan fingerprint density at radius 1 is 1.13 bits per heavy atom. The molecule has 0 radical (unpaired) electrons. The number of aliphatic carboxylic acids is 1. The molecule has 0 amide bonds. The van der Waals surface area contributed by atoms with E-state index in [0.717, 1.165) is 14.3 Å². The van der Waals surface area contributed by atoms with Crippen molar-refractivity contribution in [1.29, 1.82) is 0 Å². The molecule has 0 bridgehead atoms. The molecule has 0 unspecified atom stereocenters. The number of halogens is 1. The molecule has 0 spiro atoms. The molecule has 0 aromatic heterocycles. The van der Waals surface area contributed by atoms with Crippen molar-refractivity contribution < 1.29 is 18.3 Å². The fourth-order valence-electron chi connectivity index (χ4n) is 2.14. The van der Waals surface area contributed by atoms with Crippen LogP contribution in [-0.4, -0.2) is 36.9 Å². The maximum Gasteiger partial charge on any atom is 0.322 e. The first-order valence-corrected chi connectivity index (χ1v) is 9.06. The number of sulfonamides is 1. The van der Waals surface area contributed by atoms with Crippen molar-refractivity contribution in [3.63, 3.8) is 0 Å². The highest BCUT2D eigenvalue weighted by molar-refractivity contribution is 9.10. The highest BCUT2D eigenvalue weighted by Gasteiger charge is 2.32. The Balaban J connectivity index is 2.30. The summed E-state index contributed by atoms with van der Waals surface area (Å²) in [5.41, 5.74) is 0.746. The Bertz CT molecular complexity index is 775. The number of carbonyl (C=O) groups is 1. The van der Waals surface area contributed by atoms with Crippen LogP contribution in [0.4, 0.5) is 0 Å². The van der Waals surface area contributed by atoms with Crippen LogP contribution in [0.1, 0.15) is 5.56 Å². The maximum atomic E-state index is 12.6. The highest BCUT2D eigenvalue weighted by Crippen LogP contribution is 2.19. The molecule has 1 N–H and O–H groups in total. The molecule has 0 saturated carbocycles. The zero-order valence-electron chi connectivity index (χ0n) is 12.4. The van der Waals surface area contributed by atoms with Gasteiger partial charge >= 0.3 is 5.97 Å². The normalized spacial score (nSPS) is 13.0. The summed E-state index contributed by atoms with van der Waals surface area (Å²) in [6, 6.07) is 13.7. The van der Waals surface area contributed by atoms with Gasteiger partial charge in [0.15, 0.2) is 0 Å². The minimum Gasteiger partial charge on any atom is -0.480 e. The quantitative estimate of drug-likeness (QED) is 0.812. The lowest BCUT2D eigenvalue weighted by Crippen LogP contribution is -2.43. The number of carboxylic acids is 1. The molecule has 7 heteroatoms. The molecule has 1 atom stereocenters. The molecule has 2 rings (SSSR count). The SMILES string of the molecule is CN([C@H](Cc1ccc(Br)cc1)C(=O)O)S(=O)(=O)c1ccccc1. The van der Waals surface area contributed by atoms with Gasteiger partial charge in [-0.05, 0) is 36.2 Å². The van der Waals surface area contributed by atoms with Crippen molar-refractivity contribution in [3.8, 4) is 0 Å². The van der Waals surface area contributed by atoms with Crippen LogP contribution in [0.25, 0.3) is 0 Å². The van der Waals surface area contributed by atoms with Crippen LogP contribution in [0.15, 0.2) is 64.0 Å². The molecule has 23 heavy (non-hydrogen) atoms. The maximum absolute atomic E-state index is 12.6. The summed E-state index contributed by atoms with van der Waals surface area (Å²) in [5.74, 6) is -1.19. The van der Waals surface area contributed by atoms with Gasteiger partial charge < -0.3 is 5.11 Å². The molecule has 2 aromatic carbocycles. The van der Waals surface area contributed by atoms with Crippen molar-refractivity contribution in [2.75, 3.05) is 7.05 Å². The third-order valence-electron chi connectivity index (χ3n) is 3.49. The van der Waals surface area contributed by atoms with Crippen LogP contribution in [0.2, 0.25) is 0 Å². The molecule has 0 aliphatic rings. The van der Waals surface area contributed by atoms with Crippen LogP contribution >= 0.6 is 15.9 Å². The van der Waals surface area contributed by atoms with Gasteiger partial charge in [0.2, 0.25) is 10.0 Å². The monoisotopic (exact) mass is 397 g/mol. The Labute approximate surface area is 143 Å². The van der Waals surface area contributed by atoms with Crippen LogP contribution in [0.3, 0.4) is 0 Å². The smallest absolute Gasteiger partial charge is 0.322 e. The molecule has 0 heterocycles. The number of likely N-dealkylation sites (N-methyl/N-ethyl adjacent to an activating group) is 1. The standard InChI is InChI=1S/C16H16BrNO4S/c1-18(23(21,22)14-5-3-2-4-6-14)15(16(19)20)11-12-7-9-13(17)10-8-12/h2-10,15H,11H2,1H3,(H,19,20)/t15-/m1/s1. The van der Waals surface area contributed by atoms with E-state index in [2.05, 4.69) is 15.9 Å². The molecule has 0 aliphatic heterocycles. The number of hydrogen-bond donors (Lipinski definition) is 1. The molecular weight excluding hydrogens is 382 g/mol. The van der Waals surface area contributed by atoms with Crippen molar-refractivity contribution in [2.24, 2.45) is 0 Å². The van der Waals surface area contributed by atoms with Gasteiger partial charge in [-0.2, -0.15) is 4.31 Å². The average molecular weight is 398 g/mol. The number of nitrogens with zero attached hydrogens (tertiary/aromatic N) is 1. The average Bonchev–Trinajstić information content (AvgIpc) is 2.54. The Kier molecular flexibility index (Phi) is 5.56. The lowest BCUT2D eigenvalue weighted by atomic mass is 10.1. The summed E-state index contributed by atoms with van der Waals surface area (Å²) in [7, 11) is -2.58. The fraction of sp³-hybridized carbons (Fsp3) is 0.188. The summed E-state index contributed by atoms with van der Waals surface area (Å²) in [6.07, 6.45) is 0.0885. The van der Waals surface area contributed by atoms with Crippen molar-refractivity contribution in [3.05, 3.63) is 64.6 Å². The number of benzene rings is 2. The van der Waals surface area contributed by atoms with Gasteiger partial charge in [-0.1, -0.05) is 46.3 Å². The van der Waals surface area contributed by atoms with Crippen molar-refractivity contribution in [2.45, 2.75) is 17.4 Å². The van der Waals surface area contributed by atoms with Crippen LogP contribution in [-0.2, 0) is 21.2 Å². The van der Waals surface area contributed by atoms with E-state index < -0.39 is 22.0 Å². The number of rotatable bonds is 6. The largest absolute Gasteiger partial charge is 0.480 e. The molecular formula is C16H16BrNO4S. The van der Waals surface area contributed by atoms with Gasteiger partial charge in [0, 0.05) is 11.5 Å². The molecule has 0 aliphatic carbocycles. The second-order valence-corrected chi connectivity index (χ2v) is 7.93. The second kappa shape index (κ2) is 7.25. The number of carboxylic acid groups (broad SMARTS) is 1. The van der Waals surface area contributed by atoms with Gasteiger partial charge in [-0.3, -0.25) is 4.79 Å². The molecule has 122 valence electrons. The highest BCUT2D eigenvalue weighted by atomic mass is 79.9. The van der Waals surface area contributed by atoms with E-state index in [1.165, 1.54) is 19.2 Å². The minimum atomic E-state index is -3.87. The fourth-order valence-corrected chi connectivity index (χ4v) is 3.74. The zero-order chi connectivity index (χ0) is 17.0. The molecule has 0 fully saturated rings. The van der Waals surface area contributed by atoms with Crippen LogP contribution in [0.5, 0.6) is 0 Å². The Morgan fingerprint density at radius 3 is 2.22 bits per heavy atom. The first-order chi connectivity index (χ1) is 10.8. The van der Waals surface area contributed by atoms with Crippen molar-refractivity contribution >= 4 is 31.9 Å². The summed E-state index contributed by atoms with van der Waals surface area (Å²) >= 11 is 3.31. The number of hydrogen-bond acceptors (Lipinski definition) is 3. The Hall–Kier alpha value is -1.70. The van der Waals surface area contributed by atoms with E-state index in [9.17, 15) is 18.3 Å². The van der Waals surface area contributed by atoms with E-state index in [1.54, 1.807) is 42.5 Å². The Morgan fingerprint density at radius 2 is 1.70 bits per heavy atom. The van der Waals surface area contributed by atoms with E-state index in [4.69, 9.17) is 0 Å². The van der Waals surface area contributed by atoms with Gasteiger partial charge in [-0.25, -0.2) is 8.42 Å². The third-order valence-corrected chi connectivity index (χ3v) is 5.90. The van der Waals surface area contributed by atoms with E-state index >= 15 is 0 Å². The van der Waals surface area contributed by atoms with Crippen LogP contribution in [0, 0.1) is 0 Å². The van der Waals surface area contributed by atoms with Gasteiger partial charge in [0.05, 0.1) is 4.90 Å². The van der Waals surface area contributed by atoms with Gasteiger partial charge in [0.25, 0.3) is 0 Å². The minimum absolute atomic E-state index is 0.0737. The first kappa shape index (κ1) is 17.7. The predicted molar refractivity (Wildman–Crippen MR) is 90.7 cm³/mol. The first-order valence-electron chi connectivity index (χ1n) is 6.82. The summed E-state index contributed by atoms with van der Waals surface area (Å²) in [5, 5.41) is 9.45. The summed E-state index contributed by atoms with van der Waals surface area (Å²) in [6.45, 7) is 0. The molecule has 0 saturated heterocycles. The zero-order valence-corrected chi connectivity index (χ0v) is 14.8. The summed E-state index contributed by atoms with van der Waals surface area (Å²) < 4.78 is 26.9. The third kappa shape index (κ3) is 4.19. The van der Waals surface area contributed by atoms with E-state index in [-0.39, 0.29) is 11.3 Å². The summed E-state index contributed by atoms with van der Waals surface area (Å²) in [4.78, 5) is 11.6. The lowest BCUT2D eigenvalue weighted by Gasteiger charge is -2.24. The second-order valence-electron chi connectivity index (χ2n) is 5.02. The van der Waals surface area contributed by atoms with Crippen LogP contribution < -0.4 is 0 Å². The topological polar surface area (TPSA) is 74.7 Å². The lowest BCUT2D eigenvalue weighted by molar-refractivity contribution is -0.141. The van der Waals surface area contributed by atoms with E-state index in [1.807, 2.05) is 0 Å². The van der Waals surface area contributed by atoms with Gasteiger partial charge in [-0.15, -0.1) is 0 Å². The van der Waals surface area contributed by atoms with Crippen molar-refractivity contribution in [1.82, 2.24) is 4.31 Å². The predicted octanol–water partition coefficient (Wildman–Crippen LogP) is 2.77. The molecule has 2 aromatic rings.